The SMILES string of the molecule is C[Si]1(C)C2=Cc3ccccc3C2CCC2C1=Cc1ccccc12. The zero-order chi connectivity index (χ0) is 15.6. The van der Waals surface area contributed by atoms with Crippen LogP contribution in [0.5, 0.6) is 0 Å². The molecule has 2 unspecified atom stereocenters. The molecule has 2 atom stereocenters. The largest absolute Gasteiger partial charge is 0.104 e. The zero-order valence-electron chi connectivity index (χ0n) is 13.8. The van der Waals surface area contributed by atoms with E-state index in [1.54, 1.807) is 21.5 Å². The van der Waals surface area contributed by atoms with E-state index < -0.39 is 8.07 Å². The van der Waals surface area contributed by atoms with Crippen LogP contribution in [0.2, 0.25) is 13.1 Å². The van der Waals surface area contributed by atoms with Crippen molar-refractivity contribution in [2.75, 3.05) is 0 Å². The third kappa shape index (κ3) is 1.77. The summed E-state index contributed by atoms with van der Waals surface area (Å²) in [7, 11) is -1.57. The molecule has 3 aliphatic rings. The Morgan fingerprint density at radius 2 is 1.13 bits per heavy atom. The van der Waals surface area contributed by atoms with Gasteiger partial charge in [0.25, 0.3) is 0 Å². The highest BCUT2D eigenvalue weighted by atomic mass is 28.3. The summed E-state index contributed by atoms with van der Waals surface area (Å²) in [5.74, 6) is 1.35. The van der Waals surface area contributed by atoms with Gasteiger partial charge in [-0.15, -0.1) is 0 Å². The Balaban J connectivity index is 1.68. The molecule has 5 rings (SSSR count). The number of benzene rings is 2. The average molecular weight is 315 g/mol. The van der Waals surface area contributed by atoms with Gasteiger partial charge in [0, 0.05) is 11.8 Å². The first-order valence-electron chi connectivity index (χ1n) is 8.78. The van der Waals surface area contributed by atoms with Gasteiger partial charge >= 0.3 is 0 Å². The molecule has 2 aromatic rings. The lowest BCUT2D eigenvalue weighted by atomic mass is 9.89. The summed E-state index contributed by atoms with van der Waals surface area (Å²) >= 11 is 0. The van der Waals surface area contributed by atoms with Gasteiger partial charge in [-0.25, -0.2) is 0 Å². The Kier molecular flexibility index (Phi) is 2.70. The Hall–Kier alpha value is -1.86. The first-order chi connectivity index (χ1) is 11.2. The molecule has 0 aromatic heterocycles. The molecule has 0 N–H and O–H groups in total. The number of allylic oxidation sites excluding steroid dienone is 2. The molecular weight excluding hydrogens is 292 g/mol. The summed E-state index contributed by atoms with van der Waals surface area (Å²) in [6.07, 6.45) is 7.68. The molecule has 2 aromatic carbocycles. The van der Waals surface area contributed by atoms with Crippen LogP contribution in [0.3, 0.4) is 0 Å². The van der Waals surface area contributed by atoms with E-state index in [0.29, 0.717) is 11.8 Å². The maximum absolute atomic E-state index is 2.58. The molecule has 0 spiro atoms. The van der Waals surface area contributed by atoms with Gasteiger partial charge in [0.05, 0.1) is 0 Å². The molecule has 1 fully saturated rings. The maximum atomic E-state index is 2.58. The Morgan fingerprint density at radius 3 is 1.61 bits per heavy atom. The van der Waals surface area contributed by atoms with Gasteiger partial charge in [-0.3, -0.25) is 0 Å². The first kappa shape index (κ1) is 13.6. The van der Waals surface area contributed by atoms with Crippen LogP contribution in [-0.2, 0) is 0 Å². The minimum Gasteiger partial charge on any atom is -0.0684 e. The van der Waals surface area contributed by atoms with Crippen molar-refractivity contribution in [3.05, 3.63) is 81.2 Å². The fourth-order valence-corrected chi connectivity index (χ4v) is 8.85. The maximum Gasteiger partial charge on any atom is 0.104 e. The lowest BCUT2D eigenvalue weighted by Gasteiger charge is -2.30. The molecule has 23 heavy (non-hydrogen) atoms. The third-order valence-corrected chi connectivity index (χ3v) is 10.2. The Labute approximate surface area is 139 Å². The monoisotopic (exact) mass is 314 g/mol. The van der Waals surface area contributed by atoms with Gasteiger partial charge in [-0.2, -0.15) is 0 Å². The molecule has 0 radical (unpaired) electrons. The van der Waals surface area contributed by atoms with Crippen LogP contribution >= 0.6 is 0 Å². The molecular formula is C22H22Si. The third-order valence-electron chi connectivity index (χ3n) is 6.30. The van der Waals surface area contributed by atoms with Crippen LogP contribution in [-0.4, -0.2) is 8.07 Å². The predicted molar refractivity (Wildman–Crippen MR) is 101 cm³/mol. The second-order valence-electron chi connectivity index (χ2n) is 7.76. The summed E-state index contributed by atoms with van der Waals surface area (Å²) in [6, 6.07) is 18.1. The molecule has 114 valence electrons. The van der Waals surface area contributed by atoms with Crippen LogP contribution in [0.15, 0.2) is 58.9 Å². The van der Waals surface area contributed by atoms with Crippen LogP contribution in [0, 0.1) is 0 Å². The lowest BCUT2D eigenvalue weighted by Crippen LogP contribution is -2.33. The highest BCUT2D eigenvalue weighted by Crippen LogP contribution is 2.55. The quantitative estimate of drug-likeness (QED) is 0.529. The van der Waals surface area contributed by atoms with Gasteiger partial charge < -0.3 is 0 Å². The van der Waals surface area contributed by atoms with Crippen molar-refractivity contribution in [2.24, 2.45) is 0 Å². The van der Waals surface area contributed by atoms with Crippen molar-refractivity contribution >= 4 is 20.2 Å². The van der Waals surface area contributed by atoms with Crippen molar-refractivity contribution in [1.82, 2.24) is 0 Å². The molecule has 0 amide bonds. The van der Waals surface area contributed by atoms with Crippen LogP contribution in [0.25, 0.3) is 12.2 Å². The molecule has 1 heterocycles. The number of hydrogen-bond donors (Lipinski definition) is 0. The average Bonchev–Trinajstić information content (AvgIpc) is 3.09. The Morgan fingerprint density at radius 1 is 0.696 bits per heavy atom. The normalized spacial score (nSPS) is 26.3. The minimum atomic E-state index is -1.57. The van der Waals surface area contributed by atoms with Gasteiger partial charge in [0.15, 0.2) is 0 Å². The minimum absolute atomic E-state index is 0.673. The fourth-order valence-electron chi connectivity index (χ4n) is 5.14. The summed E-state index contributed by atoms with van der Waals surface area (Å²) in [6.45, 7) is 5.15. The second kappa shape index (κ2) is 4.58. The summed E-state index contributed by atoms with van der Waals surface area (Å²) in [5.41, 5.74) is 6.11. The molecule has 0 nitrogen and oxygen atoms in total. The number of hydrogen-bond acceptors (Lipinski definition) is 0. The van der Waals surface area contributed by atoms with Crippen molar-refractivity contribution in [2.45, 2.75) is 37.8 Å². The number of fused-ring (bicyclic) bond motifs is 6. The molecule has 1 aliphatic heterocycles. The van der Waals surface area contributed by atoms with Gasteiger partial charge in [0.2, 0.25) is 0 Å². The molecule has 2 aliphatic carbocycles. The summed E-state index contributed by atoms with van der Waals surface area (Å²) < 4.78 is 0. The topological polar surface area (TPSA) is 0 Å². The van der Waals surface area contributed by atoms with E-state index in [4.69, 9.17) is 0 Å². The van der Waals surface area contributed by atoms with E-state index in [1.165, 1.54) is 24.0 Å². The first-order valence-corrected chi connectivity index (χ1v) is 11.8. The van der Waals surface area contributed by atoms with Crippen molar-refractivity contribution in [3.8, 4) is 0 Å². The van der Waals surface area contributed by atoms with E-state index in [-0.39, 0.29) is 0 Å². The van der Waals surface area contributed by atoms with Crippen molar-refractivity contribution in [1.29, 1.82) is 0 Å². The van der Waals surface area contributed by atoms with Crippen molar-refractivity contribution < 1.29 is 0 Å². The van der Waals surface area contributed by atoms with E-state index in [2.05, 4.69) is 73.8 Å². The summed E-state index contributed by atoms with van der Waals surface area (Å²) in [5, 5.41) is 3.53. The Bertz CT molecular complexity index is 798. The number of rotatable bonds is 0. The van der Waals surface area contributed by atoms with Crippen LogP contribution in [0.1, 0.15) is 46.9 Å². The van der Waals surface area contributed by atoms with E-state index in [9.17, 15) is 0 Å². The zero-order valence-corrected chi connectivity index (χ0v) is 14.8. The standard InChI is InChI=1S/C22H22Si/c1-23(2)21-13-15-7-3-5-9-17(15)19(21)11-12-20-18-10-6-4-8-16(18)14-22(20)23/h3-10,13-14,19-20H,11-12H2,1-2H3. The van der Waals surface area contributed by atoms with E-state index in [1.807, 2.05) is 0 Å². The second-order valence-corrected chi connectivity index (χ2v) is 12.2. The summed E-state index contributed by atoms with van der Waals surface area (Å²) in [4.78, 5) is 0. The van der Waals surface area contributed by atoms with Crippen LogP contribution in [0.4, 0.5) is 0 Å². The molecule has 1 saturated heterocycles. The van der Waals surface area contributed by atoms with Gasteiger partial charge in [-0.05, 0) is 35.1 Å². The van der Waals surface area contributed by atoms with E-state index in [0.717, 1.165) is 0 Å². The predicted octanol–water partition coefficient (Wildman–Crippen LogP) is 5.93. The van der Waals surface area contributed by atoms with Crippen molar-refractivity contribution in [3.63, 3.8) is 0 Å². The van der Waals surface area contributed by atoms with Gasteiger partial charge in [0.1, 0.15) is 8.07 Å². The highest BCUT2D eigenvalue weighted by molar-refractivity contribution is 6.92. The molecule has 0 bridgehead atoms. The smallest absolute Gasteiger partial charge is 0.0684 e. The fraction of sp³-hybridized carbons (Fsp3) is 0.273. The highest BCUT2D eigenvalue weighted by Gasteiger charge is 2.46. The van der Waals surface area contributed by atoms with Crippen LogP contribution < -0.4 is 0 Å². The molecule has 1 heteroatoms. The van der Waals surface area contributed by atoms with E-state index >= 15 is 0 Å². The lowest BCUT2D eigenvalue weighted by molar-refractivity contribution is 0.642. The molecule has 0 saturated carbocycles. The van der Waals surface area contributed by atoms with Gasteiger partial charge in [-0.1, -0.05) is 84.2 Å².